The molecule has 1 unspecified atom stereocenters. The van der Waals surface area contributed by atoms with Crippen molar-refractivity contribution in [2.75, 3.05) is 0 Å². The van der Waals surface area contributed by atoms with E-state index in [0.29, 0.717) is 18.2 Å². The predicted octanol–water partition coefficient (Wildman–Crippen LogP) is 2.54. The summed E-state index contributed by atoms with van der Waals surface area (Å²) in [4.78, 5) is 0.0404. The fourth-order valence-corrected chi connectivity index (χ4v) is 3.81. The molecule has 1 fully saturated rings. The van der Waals surface area contributed by atoms with Gasteiger partial charge < -0.3 is 5.32 Å². The summed E-state index contributed by atoms with van der Waals surface area (Å²) in [6.45, 7) is 4.27. The van der Waals surface area contributed by atoms with E-state index < -0.39 is 15.8 Å². The highest BCUT2D eigenvalue weighted by Crippen LogP contribution is 2.22. The molecular weight excluding hydrogens is 291 g/mol. The van der Waals surface area contributed by atoms with E-state index in [-0.39, 0.29) is 10.9 Å². The summed E-state index contributed by atoms with van der Waals surface area (Å²) in [5.41, 5.74) is 0.611. The van der Waals surface area contributed by atoms with Gasteiger partial charge in [-0.05, 0) is 43.9 Å². The van der Waals surface area contributed by atoms with E-state index in [4.69, 9.17) is 0 Å². The molecule has 2 rings (SSSR count). The van der Waals surface area contributed by atoms with Gasteiger partial charge in [0.25, 0.3) is 0 Å². The van der Waals surface area contributed by atoms with Crippen LogP contribution in [0.2, 0.25) is 0 Å². The van der Waals surface area contributed by atoms with Crippen LogP contribution in [-0.4, -0.2) is 20.5 Å². The van der Waals surface area contributed by atoms with Crippen molar-refractivity contribution < 1.29 is 12.8 Å². The van der Waals surface area contributed by atoms with Crippen LogP contribution in [0.5, 0.6) is 0 Å². The maximum absolute atomic E-state index is 13.5. The smallest absolute Gasteiger partial charge is 0.241 e. The van der Waals surface area contributed by atoms with Crippen molar-refractivity contribution in [3.63, 3.8) is 0 Å². The zero-order valence-electron chi connectivity index (χ0n) is 12.5. The van der Waals surface area contributed by atoms with Crippen molar-refractivity contribution in [2.45, 2.75) is 63.1 Å². The molecule has 1 aromatic carbocycles. The highest BCUT2D eigenvalue weighted by molar-refractivity contribution is 7.89. The summed E-state index contributed by atoms with van der Waals surface area (Å²) in [7, 11) is -3.69. The summed E-state index contributed by atoms with van der Waals surface area (Å²) in [6.07, 6.45) is 3.89. The molecule has 118 valence electrons. The minimum absolute atomic E-state index is 0.0404. The van der Waals surface area contributed by atoms with Gasteiger partial charge in [0.05, 0.1) is 4.90 Å². The van der Waals surface area contributed by atoms with Crippen molar-refractivity contribution in [1.29, 1.82) is 0 Å². The van der Waals surface area contributed by atoms with Gasteiger partial charge in [-0.1, -0.05) is 19.4 Å². The van der Waals surface area contributed by atoms with Gasteiger partial charge in [-0.15, -0.1) is 0 Å². The Morgan fingerprint density at radius 2 is 2.10 bits per heavy atom. The number of halogens is 1. The molecule has 2 N–H and O–H groups in total. The summed E-state index contributed by atoms with van der Waals surface area (Å²) in [5, 5.41) is 3.27. The number of hydrogen-bond acceptors (Lipinski definition) is 3. The molecule has 0 aliphatic heterocycles. The minimum Gasteiger partial charge on any atom is -0.310 e. The van der Waals surface area contributed by atoms with Gasteiger partial charge >= 0.3 is 0 Å². The van der Waals surface area contributed by atoms with E-state index in [1.807, 2.05) is 13.8 Å². The molecule has 0 amide bonds. The zero-order valence-corrected chi connectivity index (χ0v) is 13.3. The van der Waals surface area contributed by atoms with Crippen LogP contribution >= 0.6 is 0 Å². The molecule has 6 heteroatoms. The van der Waals surface area contributed by atoms with Crippen molar-refractivity contribution in [2.24, 2.45) is 0 Å². The third-order valence-corrected chi connectivity index (χ3v) is 5.23. The third kappa shape index (κ3) is 4.76. The Labute approximate surface area is 126 Å². The molecule has 21 heavy (non-hydrogen) atoms. The second-order valence-electron chi connectivity index (χ2n) is 5.72. The maximum Gasteiger partial charge on any atom is 0.241 e. The van der Waals surface area contributed by atoms with Crippen LogP contribution in [0.3, 0.4) is 0 Å². The Kier molecular flexibility index (Phi) is 5.35. The van der Waals surface area contributed by atoms with Crippen LogP contribution in [0.1, 0.15) is 45.1 Å². The van der Waals surface area contributed by atoms with Crippen LogP contribution in [0, 0.1) is 5.82 Å². The Hall–Kier alpha value is -0.980. The van der Waals surface area contributed by atoms with E-state index in [1.165, 1.54) is 6.07 Å². The maximum atomic E-state index is 13.5. The highest BCUT2D eigenvalue weighted by atomic mass is 32.2. The molecule has 0 aromatic heterocycles. The molecule has 1 aliphatic carbocycles. The van der Waals surface area contributed by atoms with Gasteiger partial charge in [-0.25, -0.2) is 17.5 Å². The normalized spacial score (nSPS) is 16.9. The van der Waals surface area contributed by atoms with Crippen LogP contribution in [0.25, 0.3) is 0 Å². The van der Waals surface area contributed by atoms with Crippen LogP contribution in [-0.2, 0) is 16.6 Å². The van der Waals surface area contributed by atoms with Gasteiger partial charge in [0.15, 0.2) is 0 Å². The second-order valence-corrected chi connectivity index (χ2v) is 7.40. The lowest BCUT2D eigenvalue weighted by Crippen LogP contribution is -2.33. The zero-order chi connectivity index (χ0) is 15.5. The van der Waals surface area contributed by atoms with E-state index >= 15 is 0 Å². The number of sulfonamides is 1. The standard InChI is InChI=1S/C15H23FN2O2S/c1-3-4-11(2)18-21(19,20)15-9-13(16)6-5-12(15)10-17-14-7-8-14/h5-6,9,11,14,17-18H,3-4,7-8,10H2,1-2H3. The number of hydrogen-bond donors (Lipinski definition) is 2. The van der Waals surface area contributed by atoms with E-state index in [9.17, 15) is 12.8 Å². The molecular formula is C15H23FN2O2S. The van der Waals surface area contributed by atoms with Gasteiger partial charge in [0, 0.05) is 18.6 Å². The number of nitrogens with one attached hydrogen (secondary N) is 2. The lowest BCUT2D eigenvalue weighted by atomic mass is 10.2. The van der Waals surface area contributed by atoms with Gasteiger partial charge in [0.2, 0.25) is 10.0 Å². The Morgan fingerprint density at radius 1 is 1.38 bits per heavy atom. The molecule has 0 radical (unpaired) electrons. The summed E-state index contributed by atoms with van der Waals surface area (Å²) >= 11 is 0. The SMILES string of the molecule is CCCC(C)NS(=O)(=O)c1cc(F)ccc1CNC1CC1. The monoisotopic (exact) mass is 314 g/mol. The minimum atomic E-state index is -3.69. The largest absolute Gasteiger partial charge is 0.310 e. The number of benzene rings is 1. The summed E-state index contributed by atoms with van der Waals surface area (Å²) in [5.74, 6) is -0.534. The molecule has 0 bridgehead atoms. The van der Waals surface area contributed by atoms with Crippen molar-refractivity contribution in [3.8, 4) is 0 Å². The van der Waals surface area contributed by atoms with Crippen molar-refractivity contribution in [1.82, 2.24) is 10.0 Å². The Bertz CT molecular complexity index is 585. The molecule has 0 spiro atoms. The molecule has 1 saturated carbocycles. The van der Waals surface area contributed by atoms with Crippen LogP contribution < -0.4 is 10.0 Å². The topological polar surface area (TPSA) is 58.2 Å². The van der Waals surface area contributed by atoms with Crippen LogP contribution in [0.4, 0.5) is 4.39 Å². The highest BCUT2D eigenvalue weighted by Gasteiger charge is 2.24. The average Bonchev–Trinajstić information content (AvgIpc) is 3.21. The molecule has 1 atom stereocenters. The Balaban J connectivity index is 2.20. The van der Waals surface area contributed by atoms with E-state index in [2.05, 4.69) is 10.0 Å². The first-order valence-corrected chi connectivity index (χ1v) is 8.95. The fraction of sp³-hybridized carbons (Fsp3) is 0.600. The lowest BCUT2D eigenvalue weighted by Gasteiger charge is -2.16. The van der Waals surface area contributed by atoms with E-state index in [1.54, 1.807) is 6.07 Å². The molecule has 1 aliphatic rings. The van der Waals surface area contributed by atoms with Gasteiger partial charge in [0.1, 0.15) is 5.82 Å². The predicted molar refractivity (Wildman–Crippen MR) is 81.0 cm³/mol. The quantitative estimate of drug-likeness (QED) is 0.775. The van der Waals surface area contributed by atoms with Crippen molar-refractivity contribution in [3.05, 3.63) is 29.6 Å². The molecule has 4 nitrogen and oxygen atoms in total. The second kappa shape index (κ2) is 6.85. The summed E-state index contributed by atoms with van der Waals surface area (Å²) < 4.78 is 41.0. The lowest BCUT2D eigenvalue weighted by molar-refractivity contribution is 0.539. The van der Waals surface area contributed by atoms with Crippen molar-refractivity contribution >= 4 is 10.0 Å². The summed E-state index contributed by atoms with van der Waals surface area (Å²) in [6, 6.07) is 4.26. The van der Waals surface area contributed by atoms with Crippen LogP contribution in [0.15, 0.2) is 23.1 Å². The fourth-order valence-electron chi connectivity index (χ4n) is 2.29. The van der Waals surface area contributed by atoms with Gasteiger partial charge in [-0.3, -0.25) is 0 Å². The first-order chi connectivity index (χ1) is 9.92. The molecule has 0 saturated heterocycles. The van der Waals surface area contributed by atoms with Gasteiger partial charge in [-0.2, -0.15) is 0 Å². The Morgan fingerprint density at radius 3 is 2.71 bits per heavy atom. The average molecular weight is 314 g/mol. The molecule has 0 heterocycles. The van der Waals surface area contributed by atoms with E-state index in [0.717, 1.165) is 31.7 Å². The third-order valence-electron chi connectivity index (χ3n) is 3.56. The first kappa shape index (κ1) is 16.4. The first-order valence-electron chi connectivity index (χ1n) is 7.46. The number of rotatable bonds is 8. The molecule has 1 aromatic rings.